The minimum Gasteiger partial charge on any atom is -0.495 e. The molecule has 0 spiro atoms. The van der Waals surface area contributed by atoms with Gasteiger partial charge in [0.25, 0.3) is 5.91 Å². The van der Waals surface area contributed by atoms with E-state index in [0.29, 0.717) is 17.0 Å². The molecule has 4 rings (SSSR count). The van der Waals surface area contributed by atoms with Gasteiger partial charge in [-0.05, 0) is 56.3 Å². The molecule has 220 valence electrons. The van der Waals surface area contributed by atoms with Crippen molar-refractivity contribution < 1.29 is 31.1 Å². The minimum absolute atomic E-state index is 0.0675. The molecule has 2 aromatic carbocycles. The molecule has 0 aliphatic carbocycles. The third-order valence-electron chi connectivity index (χ3n) is 6.94. The molecule has 1 amide bonds. The van der Waals surface area contributed by atoms with E-state index in [1.54, 1.807) is 0 Å². The van der Waals surface area contributed by atoms with Crippen LogP contribution in [0.5, 0.6) is 5.75 Å². The van der Waals surface area contributed by atoms with E-state index in [2.05, 4.69) is 32.4 Å². The summed E-state index contributed by atoms with van der Waals surface area (Å²) in [5, 5.41) is 6.05. The second-order valence-corrected chi connectivity index (χ2v) is 12.3. The molecule has 1 saturated heterocycles. The van der Waals surface area contributed by atoms with E-state index in [1.165, 1.54) is 37.4 Å². The van der Waals surface area contributed by atoms with E-state index in [9.17, 15) is 26.4 Å². The van der Waals surface area contributed by atoms with Crippen molar-refractivity contribution in [2.75, 3.05) is 45.4 Å². The van der Waals surface area contributed by atoms with Crippen LogP contribution in [0.3, 0.4) is 0 Å². The Balaban J connectivity index is 1.63. The summed E-state index contributed by atoms with van der Waals surface area (Å²) in [6.45, 7) is 2.49. The van der Waals surface area contributed by atoms with E-state index in [-0.39, 0.29) is 40.0 Å². The molecular weight excluding hydrogens is 559 g/mol. The largest absolute Gasteiger partial charge is 0.495 e. The van der Waals surface area contributed by atoms with Crippen LogP contribution in [-0.2, 0) is 16.4 Å². The Kier molecular flexibility index (Phi) is 8.84. The smallest absolute Gasteiger partial charge is 0.406 e. The van der Waals surface area contributed by atoms with Crippen molar-refractivity contribution in [2.45, 2.75) is 37.0 Å². The highest BCUT2D eigenvalue weighted by atomic mass is 32.2. The number of hydrogen-bond donors (Lipinski definition) is 2. The highest BCUT2D eigenvalue weighted by Crippen LogP contribution is 2.28. The average Bonchev–Trinajstić information content (AvgIpc) is 3.28. The van der Waals surface area contributed by atoms with E-state index in [1.807, 2.05) is 14.0 Å². The number of carbonyl (C=O) groups excluding carboxylic acids is 1. The number of fused-ring (bicyclic) bond motifs is 1. The Morgan fingerprint density at radius 2 is 2.00 bits per heavy atom. The zero-order valence-corrected chi connectivity index (χ0v) is 24.0. The average molecular weight is 592 g/mol. The summed E-state index contributed by atoms with van der Waals surface area (Å²) in [6, 6.07) is 7.31. The van der Waals surface area contributed by atoms with Gasteiger partial charge in [-0.3, -0.25) is 4.79 Å². The van der Waals surface area contributed by atoms with E-state index in [4.69, 9.17) is 4.74 Å². The number of imidazole rings is 1. The first kappa shape index (κ1) is 30.2. The Morgan fingerprint density at radius 3 is 2.66 bits per heavy atom. The molecule has 2 heterocycles. The van der Waals surface area contributed by atoms with Crippen molar-refractivity contribution in [1.29, 1.82) is 0 Å². The molecule has 0 bridgehead atoms. The van der Waals surface area contributed by atoms with Gasteiger partial charge in [0, 0.05) is 24.4 Å². The normalized spacial score (nSPS) is 18.0. The van der Waals surface area contributed by atoms with Crippen molar-refractivity contribution in [1.82, 2.24) is 19.8 Å². The van der Waals surface area contributed by atoms with Gasteiger partial charge in [-0.15, -0.1) is 0 Å². The Labute approximate surface area is 237 Å². The van der Waals surface area contributed by atoms with Crippen molar-refractivity contribution >= 4 is 32.5 Å². The molecule has 1 aliphatic rings. The van der Waals surface area contributed by atoms with Gasteiger partial charge in [-0.1, -0.05) is 18.8 Å². The molecule has 2 atom stereocenters. The summed E-state index contributed by atoms with van der Waals surface area (Å²) in [4.78, 5) is 19.8. The van der Waals surface area contributed by atoms with Gasteiger partial charge < -0.3 is 24.8 Å². The third-order valence-corrected chi connectivity index (χ3v) is 8.05. The lowest BCUT2D eigenvalue weighted by molar-refractivity contribution is -0.139. The van der Waals surface area contributed by atoms with Gasteiger partial charge in [0.2, 0.25) is 0 Å². The maximum absolute atomic E-state index is 13.4. The lowest BCUT2D eigenvalue weighted by Gasteiger charge is -2.35. The number of ether oxygens (including phenoxy) is 1. The first-order valence-electron chi connectivity index (χ1n) is 12.9. The monoisotopic (exact) mass is 591 g/mol. The number of methoxy groups -OCH3 is 1. The standard InChI is InChI=1S/C28H32F3N5O4S/c1-18-15-35(2)11-9-22(18)34-27(37)21-12-19(13-24-26(21)33-17-36(24)16-28(29,30)31)6-5-10-32-23-14-20(41(4,38)39)7-8-25(23)40-3/h7-8,12-14,17-18,22,32H,9-11,15-16H2,1-4H3,(H,34,37)/t18-,22-/m1/s1. The topological polar surface area (TPSA) is 106 Å². The van der Waals surface area contributed by atoms with Crippen LogP contribution in [0.15, 0.2) is 41.6 Å². The highest BCUT2D eigenvalue weighted by Gasteiger charge is 2.30. The molecular formula is C28H32F3N5O4S. The molecule has 41 heavy (non-hydrogen) atoms. The summed E-state index contributed by atoms with van der Waals surface area (Å²) in [7, 11) is 0.0171. The fraction of sp³-hybridized carbons (Fsp3) is 0.429. The predicted octanol–water partition coefficient (Wildman–Crippen LogP) is 3.54. The minimum atomic E-state index is -4.48. The van der Waals surface area contributed by atoms with Crippen LogP contribution >= 0.6 is 0 Å². The van der Waals surface area contributed by atoms with E-state index >= 15 is 0 Å². The fourth-order valence-electron chi connectivity index (χ4n) is 4.88. The number of halogens is 3. The number of hydrogen-bond acceptors (Lipinski definition) is 7. The maximum Gasteiger partial charge on any atom is 0.406 e. The molecule has 2 N–H and O–H groups in total. The molecule has 1 aromatic heterocycles. The second-order valence-electron chi connectivity index (χ2n) is 10.3. The first-order chi connectivity index (χ1) is 19.2. The Morgan fingerprint density at radius 1 is 1.24 bits per heavy atom. The van der Waals surface area contributed by atoms with E-state index < -0.39 is 28.5 Å². The van der Waals surface area contributed by atoms with Gasteiger partial charge in [0.1, 0.15) is 17.8 Å². The molecule has 1 aliphatic heterocycles. The van der Waals surface area contributed by atoms with Crippen LogP contribution in [0.25, 0.3) is 11.0 Å². The Hall–Kier alpha value is -3.76. The van der Waals surface area contributed by atoms with Crippen molar-refractivity contribution in [3.63, 3.8) is 0 Å². The highest BCUT2D eigenvalue weighted by molar-refractivity contribution is 7.90. The number of carbonyl (C=O) groups is 1. The number of likely N-dealkylation sites (tertiary alicyclic amines) is 1. The zero-order chi connectivity index (χ0) is 29.9. The van der Waals surface area contributed by atoms with Crippen LogP contribution in [0.4, 0.5) is 18.9 Å². The zero-order valence-electron chi connectivity index (χ0n) is 23.2. The summed E-state index contributed by atoms with van der Waals surface area (Å²) in [5.74, 6) is 5.98. The number of piperidine rings is 1. The molecule has 13 heteroatoms. The molecule has 0 unspecified atom stereocenters. The first-order valence-corrected chi connectivity index (χ1v) is 14.8. The molecule has 1 fully saturated rings. The summed E-state index contributed by atoms with van der Waals surface area (Å²) in [6.07, 6.45) is -1.55. The maximum atomic E-state index is 13.4. The number of amides is 1. The van der Waals surface area contributed by atoms with Gasteiger partial charge in [0.15, 0.2) is 9.84 Å². The molecule has 0 radical (unpaired) electrons. The van der Waals surface area contributed by atoms with Crippen molar-refractivity contribution in [2.24, 2.45) is 5.92 Å². The number of nitrogens with zero attached hydrogens (tertiary/aromatic N) is 3. The lowest BCUT2D eigenvalue weighted by Crippen LogP contribution is -2.48. The number of aromatic nitrogens is 2. The number of benzene rings is 2. The van der Waals surface area contributed by atoms with Crippen LogP contribution in [0, 0.1) is 17.8 Å². The number of sulfone groups is 1. The summed E-state index contributed by atoms with van der Waals surface area (Å²) >= 11 is 0. The van der Waals surface area contributed by atoms with Gasteiger partial charge in [0.05, 0.1) is 41.6 Å². The van der Waals surface area contributed by atoms with Gasteiger partial charge in [-0.25, -0.2) is 13.4 Å². The fourth-order valence-corrected chi connectivity index (χ4v) is 5.53. The molecule has 3 aromatic rings. The van der Waals surface area contributed by atoms with Crippen molar-refractivity contribution in [3.8, 4) is 17.6 Å². The lowest BCUT2D eigenvalue weighted by atomic mass is 9.93. The summed E-state index contributed by atoms with van der Waals surface area (Å²) in [5.41, 5.74) is 1.20. The third kappa shape index (κ3) is 7.51. The number of anilines is 1. The van der Waals surface area contributed by atoms with Crippen LogP contribution in [0.1, 0.15) is 29.3 Å². The molecule has 9 nitrogen and oxygen atoms in total. The van der Waals surface area contributed by atoms with Crippen LogP contribution < -0.4 is 15.4 Å². The van der Waals surface area contributed by atoms with Crippen molar-refractivity contribution in [3.05, 3.63) is 47.8 Å². The molecule has 0 saturated carbocycles. The predicted molar refractivity (Wildman–Crippen MR) is 150 cm³/mol. The number of nitrogens with one attached hydrogen (secondary N) is 2. The van der Waals surface area contributed by atoms with Gasteiger partial charge in [-0.2, -0.15) is 13.2 Å². The van der Waals surface area contributed by atoms with Crippen LogP contribution in [0.2, 0.25) is 0 Å². The number of rotatable bonds is 7. The number of alkyl halides is 3. The quantitative estimate of drug-likeness (QED) is 0.405. The second kappa shape index (κ2) is 12.0. The Bertz CT molecular complexity index is 1610. The van der Waals surface area contributed by atoms with E-state index in [0.717, 1.165) is 36.7 Å². The van der Waals surface area contributed by atoms with Crippen LogP contribution in [-0.4, -0.2) is 81.0 Å². The van der Waals surface area contributed by atoms with Gasteiger partial charge >= 0.3 is 6.18 Å². The summed E-state index contributed by atoms with van der Waals surface area (Å²) < 4.78 is 69.9. The SMILES string of the molecule is COc1ccc(S(C)(=O)=O)cc1NCC#Cc1cc(C(=O)N[C@@H]2CCN(C)C[C@H]2C)c2ncn(CC(F)(F)F)c2c1.